The Hall–Kier alpha value is -3.75. The van der Waals surface area contributed by atoms with E-state index in [4.69, 9.17) is 4.74 Å². The first-order chi connectivity index (χ1) is 14.9. The van der Waals surface area contributed by atoms with E-state index < -0.39 is 28.7 Å². The maximum absolute atomic E-state index is 13.2. The number of imide groups is 1. The van der Waals surface area contributed by atoms with Crippen molar-refractivity contribution in [3.8, 4) is 5.75 Å². The molecule has 1 unspecified atom stereocenters. The standard InChI is InChI=1S/C22H21N3O6/c1-2-31-18-10-8-16(9-11-18)24-20(26)13-19(22(24)28)23(15-6-7-15)21(27)14-4-3-5-17(12-14)25(29)30/h3-5,8-12,15,19H,2,6-7,13H2,1H3. The van der Waals surface area contributed by atoms with Gasteiger partial charge in [0, 0.05) is 23.7 Å². The lowest BCUT2D eigenvalue weighted by molar-refractivity contribution is -0.384. The van der Waals surface area contributed by atoms with Gasteiger partial charge in [0.05, 0.1) is 23.6 Å². The maximum Gasteiger partial charge on any atom is 0.270 e. The van der Waals surface area contributed by atoms with Crippen LogP contribution in [0, 0.1) is 10.1 Å². The van der Waals surface area contributed by atoms with Crippen molar-refractivity contribution in [2.75, 3.05) is 11.5 Å². The monoisotopic (exact) mass is 423 g/mol. The van der Waals surface area contributed by atoms with Crippen molar-refractivity contribution >= 4 is 29.1 Å². The van der Waals surface area contributed by atoms with Crippen LogP contribution >= 0.6 is 0 Å². The summed E-state index contributed by atoms with van der Waals surface area (Å²) in [7, 11) is 0. The molecule has 0 aromatic heterocycles. The third kappa shape index (κ3) is 3.98. The number of nitrogens with zero attached hydrogens (tertiary/aromatic N) is 3. The van der Waals surface area contributed by atoms with Crippen molar-refractivity contribution < 1.29 is 24.0 Å². The maximum atomic E-state index is 13.2. The molecule has 2 fully saturated rings. The van der Waals surface area contributed by atoms with E-state index >= 15 is 0 Å². The van der Waals surface area contributed by atoms with Gasteiger partial charge in [0.1, 0.15) is 11.8 Å². The lowest BCUT2D eigenvalue weighted by Gasteiger charge is -2.27. The fourth-order valence-corrected chi connectivity index (χ4v) is 3.78. The minimum absolute atomic E-state index is 0.122. The lowest BCUT2D eigenvalue weighted by atomic mass is 10.1. The summed E-state index contributed by atoms with van der Waals surface area (Å²) in [6.07, 6.45) is 1.33. The number of anilines is 1. The third-order valence-corrected chi connectivity index (χ3v) is 5.34. The van der Waals surface area contributed by atoms with Crippen LogP contribution in [-0.4, -0.2) is 46.2 Å². The molecule has 1 aliphatic carbocycles. The number of hydrogen-bond acceptors (Lipinski definition) is 6. The van der Waals surface area contributed by atoms with Crippen LogP contribution in [-0.2, 0) is 9.59 Å². The average Bonchev–Trinajstić information content (AvgIpc) is 3.55. The van der Waals surface area contributed by atoms with Gasteiger partial charge in [-0.1, -0.05) is 6.07 Å². The number of benzene rings is 2. The molecular formula is C22H21N3O6. The zero-order chi connectivity index (χ0) is 22.1. The van der Waals surface area contributed by atoms with Gasteiger partial charge in [0.2, 0.25) is 5.91 Å². The van der Waals surface area contributed by atoms with Crippen LogP contribution in [0.15, 0.2) is 48.5 Å². The van der Waals surface area contributed by atoms with E-state index in [-0.39, 0.29) is 23.7 Å². The van der Waals surface area contributed by atoms with Gasteiger partial charge in [0.25, 0.3) is 17.5 Å². The van der Waals surface area contributed by atoms with Gasteiger partial charge < -0.3 is 9.64 Å². The largest absolute Gasteiger partial charge is 0.494 e. The number of hydrogen-bond donors (Lipinski definition) is 0. The van der Waals surface area contributed by atoms with E-state index in [9.17, 15) is 24.5 Å². The SMILES string of the molecule is CCOc1ccc(N2C(=O)CC(N(C(=O)c3cccc([N+](=O)[O-])c3)C3CC3)C2=O)cc1. The Morgan fingerprint density at radius 1 is 1.19 bits per heavy atom. The van der Waals surface area contributed by atoms with Crippen LogP contribution in [0.2, 0.25) is 0 Å². The molecule has 0 spiro atoms. The predicted molar refractivity (Wildman–Crippen MR) is 111 cm³/mol. The van der Waals surface area contributed by atoms with Crippen LogP contribution < -0.4 is 9.64 Å². The molecule has 1 saturated carbocycles. The molecule has 1 heterocycles. The number of rotatable bonds is 7. The molecule has 0 bridgehead atoms. The Labute approximate surface area is 178 Å². The number of amides is 3. The number of non-ortho nitro benzene ring substituents is 1. The van der Waals surface area contributed by atoms with Crippen LogP contribution in [0.3, 0.4) is 0 Å². The molecule has 1 saturated heterocycles. The van der Waals surface area contributed by atoms with Crippen molar-refractivity contribution in [2.24, 2.45) is 0 Å². The number of carbonyl (C=O) groups excluding carboxylic acids is 3. The van der Waals surface area contributed by atoms with Gasteiger partial charge in [-0.2, -0.15) is 0 Å². The lowest BCUT2D eigenvalue weighted by Crippen LogP contribution is -2.46. The number of nitro benzene ring substituents is 1. The number of ether oxygens (including phenoxy) is 1. The van der Waals surface area contributed by atoms with Crippen molar-refractivity contribution in [3.05, 3.63) is 64.2 Å². The van der Waals surface area contributed by atoms with Gasteiger partial charge in [0.15, 0.2) is 0 Å². The molecule has 4 rings (SSSR count). The Morgan fingerprint density at radius 3 is 2.52 bits per heavy atom. The summed E-state index contributed by atoms with van der Waals surface area (Å²) in [4.78, 5) is 52.1. The Kier molecular flexibility index (Phi) is 5.41. The van der Waals surface area contributed by atoms with Crippen LogP contribution in [0.4, 0.5) is 11.4 Å². The summed E-state index contributed by atoms with van der Waals surface area (Å²) in [6.45, 7) is 2.36. The van der Waals surface area contributed by atoms with E-state index in [1.807, 2.05) is 6.92 Å². The highest BCUT2D eigenvalue weighted by Crippen LogP contribution is 2.35. The topological polar surface area (TPSA) is 110 Å². The van der Waals surface area contributed by atoms with Crippen molar-refractivity contribution in [1.29, 1.82) is 0 Å². The minimum atomic E-state index is -0.932. The quantitative estimate of drug-likeness (QED) is 0.385. The first kappa shape index (κ1) is 20.5. The van der Waals surface area contributed by atoms with Crippen LogP contribution in [0.1, 0.15) is 36.5 Å². The molecule has 1 atom stereocenters. The van der Waals surface area contributed by atoms with Gasteiger partial charge in [-0.25, -0.2) is 4.90 Å². The zero-order valence-corrected chi connectivity index (χ0v) is 16.9. The molecule has 1 aliphatic heterocycles. The highest BCUT2D eigenvalue weighted by molar-refractivity contribution is 6.23. The second-order valence-corrected chi connectivity index (χ2v) is 7.47. The molecule has 0 N–H and O–H groups in total. The third-order valence-electron chi connectivity index (χ3n) is 5.34. The second kappa shape index (κ2) is 8.17. The highest BCUT2D eigenvalue weighted by atomic mass is 16.6. The van der Waals surface area contributed by atoms with Crippen LogP contribution in [0.25, 0.3) is 0 Å². The number of nitro groups is 1. The highest BCUT2D eigenvalue weighted by Gasteiger charge is 2.49. The molecule has 0 radical (unpaired) electrons. The second-order valence-electron chi connectivity index (χ2n) is 7.47. The van der Waals surface area contributed by atoms with E-state index in [0.29, 0.717) is 18.0 Å². The summed E-state index contributed by atoms with van der Waals surface area (Å²) >= 11 is 0. The smallest absolute Gasteiger partial charge is 0.270 e. The van der Waals surface area contributed by atoms with E-state index in [1.54, 1.807) is 24.3 Å². The van der Waals surface area contributed by atoms with Crippen molar-refractivity contribution in [2.45, 2.75) is 38.3 Å². The molecule has 2 aromatic rings. The normalized spacial score (nSPS) is 18.2. The summed E-state index contributed by atoms with van der Waals surface area (Å²) in [5.41, 5.74) is 0.340. The molecule has 9 nitrogen and oxygen atoms in total. The van der Waals surface area contributed by atoms with Gasteiger partial charge in [-0.3, -0.25) is 24.5 Å². The zero-order valence-electron chi connectivity index (χ0n) is 16.9. The molecule has 31 heavy (non-hydrogen) atoms. The number of carbonyl (C=O) groups is 3. The predicted octanol–water partition coefficient (Wildman–Crippen LogP) is 2.93. The summed E-state index contributed by atoms with van der Waals surface area (Å²) in [5, 5.41) is 11.1. The first-order valence-corrected chi connectivity index (χ1v) is 10.1. The summed E-state index contributed by atoms with van der Waals surface area (Å²) in [5.74, 6) is -0.718. The van der Waals surface area contributed by atoms with Gasteiger partial charge in [-0.15, -0.1) is 0 Å². The van der Waals surface area contributed by atoms with Crippen LogP contribution in [0.5, 0.6) is 5.75 Å². The van der Waals surface area contributed by atoms with Crippen molar-refractivity contribution in [1.82, 2.24) is 4.90 Å². The Morgan fingerprint density at radius 2 is 1.90 bits per heavy atom. The molecule has 2 aliphatic rings. The fourth-order valence-electron chi connectivity index (χ4n) is 3.78. The minimum Gasteiger partial charge on any atom is -0.494 e. The van der Waals surface area contributed by atoms with Crippen molar-refractivity contribution in [3.63, 3.8) is 0 Å². The Bertz CT molecular complexity index is 1050. The summed E-state index contributed by atoms with van der Waals surface area (Å²) < 4.78 is 5.39. The van der Waals surface area contributed by atoms with E-state index in [2.05, 4.69) is 0 Å². The van der Waals surface area contributed by atoms with E-state index in [1.165, 1.54) is 29.2 Å². The molecule has 3 amide bonds. The molecule has 2 aromatic carbocycles. The first-order valence-electron chi connectivity index (χ1n) is 10.1. The van der Waals surface area contributed by atoms with E-state index in [0.717, 1.165) is 17.7 Å². The van der Waals surface area contributed by atoms with Gasteiger partial charge in [-0.05, 0) is 50.1 Å². The average molecular weight is 423 g/mol. The fraction of sp³-hybridized carbons (Fsp3) is 0.318. The van der Waals surface area contributed by atoms with Gasteiger partial charge >= 0.3 is 0 Å². The molecule has 160 valence electrons. The molecule has 9 heteroatoms. The summed E-state index contributed by atoms with van der Waals surface area (Å²) in [6, 6.07) is 11.0. The molecular weight excluding hydrogens is 402 g/mol. The Balaban J connectivity index is 1.60.